The molecule has 0 radical (unpaired) electrons. The summed E-state index contributed by atoms with van der Waals surface area (Å²) in [5, 5.41) is 5.90. The number of H-pyrrole nitrogens is 1. The van der Waals surface area contributed by atoms with Crippen molar-refractivity contribution < 1.29 is 13.2 Å². The molecule has 1 heterocycles. The quantitative estimate of drug-likeness (QED) is 0.816. The zero-order chi connectivity index (χ0) is 11.8. The second kappa shape index (κ2) is 3.83. The van der Waals surface area contributed by atoms with E-state index in [0.29, 0.717) is 11.1 Å². The highest BCUT2D eigenvalue weighted by Gasteiger charge is 2.33. The van der Waals surface area contributed by atoms with E-state index < -0.39 is 11.7 Å². The molecule has 0 saturated heterocycles. The van der Waals surface area contributed by atoms with E-state index in [4.69, 9.17) is 11.6 Å². The second-order valence-electron chi connectivity index (χ2n) is 3.18. The Bertz CT molecular complexity index is 491. The normalized spacial score (nSPS) is 11.8. The van der Waals surface area contributed by atoms with Crippen molar-refractivity contribution in [3.05, 3.63) is 41.2 Å². The number of hydrogen-bond donors (Lipinski definition) is 1. The minimum absolute atomic E-state index is 0.306. The van der Waals surface area contributed by atoms with E-state index in [1.807, 2.05) is 0 Å². The van der Waals surface area contributed by atoms with Crippen LogP contribution in [0.15, 0.2) is 30.6 Å². The molecule has 0 unspecified atom stereocenters. The van der Waals surface area contributed by atoms with Gasteiger partial charge in [0, 0.05) is 11.8 Å². The number of benzene rings is 1. The number of alkyl halides is 3. The van der Waals surface area contributed by atoms with Crippen LogP contribution in [0, 0.1) is 0 Å². The first kappa shape index (κ1) is 11.0. The van der Waals surface area contributed by atoms with Gasteiger partial charge in [0.05, 0.1) is 16.8 Å². The lowest BCUT2D eigenvalue weighted by atomic mass is 10.1. The molecule has 84 valence electrons. The number of nitrogens with one attached hydrogen (secondary N) is 1. The minimum atomic E-state index is -4.45. The molecule has 0 aliphatic heterocycles. The van der Waals surface area contributed by atoms with Crippen LogP contribution in [0.25, 0.3) is 11.1 Å². The highest BCUT2D eigenvalue weighted by molar-refractivity contribution is 6.31. The molecule has 0 spiro atoms. The van der Waals surface area contributed by atoms with Crippen LogP contribution in [0.4, 0.5) is 13.2 Å². The van der Waals surface area contributed by atoms with Crippen molar-refractivity contribution in [1.29, 1.82) is 0 Å². The summed E-state index contributed by atoms with van der Waals surface area (Å²) in [6, 6.07) is 3.75. The van der Waals surface area contributed by atoms with Crippen molar-refractivity contribution in [2.75, 3.05) is 0 Å². The van der Waals surface area contributed by atoms with E-state index in [9.17, 15) is 13.2 Å². The molecule has 0 aliphatic rings. The van der Waals surface area contributed by atoms with Crippen LogP contribution in [-0.4, -0.2) is 10.2 Å². The molecule has 2 rings (SSSR count). The molecular weight excluding hydrogens is 241 g/mol. The van der Waals surface area contributed by atoms with Gasteiger partial charge in [-0.25, -0.2) is 0 Å². The fraction of sp³-hybridized carbons (Fsp3) is 0.100. The van der Waals surface area contributed by atoms with E-state index >= 15 is 0 Å². The third-order valence-corrected chi connectivity index (χ3v) is 2.43. The van der Waals surface area contributed by atoms with E-state index in [1.54, 1.807) is 0 Å². The molecule has 0 bridgehead atoms. The maximum Gasteiger partial charge on any atom is 0.417 e. The van der Waals surface area contributed by atoms with Crippen molar-refractivity contribution in [1.82, 2.24) is 10.2 Å². The van der Waals surface area contributed by atoms with Crippen LogP contribution in [0.2, 0.25) is 5.02 Å². The molecule has 0 aliphatic carbocycles. The highest BCUT2D eigenvalue weighted by atomic mass is 35.5. The SMILES string of the molecule is FC(F)(F)c1cc(-c2cn[nH]c2)ccc1Cl. The predicted molar refractivity (Wildman–Crippen MR) is 54.0 cm³/mol. The third kappa shape index (κ3) is 2.04. The number of aromatic amines is 1. The van der Waals surface area contributed by atoms with Gasteiger partial charge in [-0.2, -0.15) is 18.3 Å². The smallest absolute Gasteiger partial charge is 0.285 e. The van der Waals surface area contributed by atoms with Gasteiger partial charge in [-0.1, -0.05) is 17.7 Å². The first-order chi connectivity index (χ1) is 7.48. The van der Waals surface area contributed by atoms with Gasteiger partial charge in [0.15, 0.2) is 0 Å². The number of hydrogen-bond acceptors (Lipinski definition) is 1. The molecule has 1 aromatic carbocycles. The van der Waals surface area contributed by atoms with E-state index in [0.717, 1.165) is 6.07 Å². The van der Waals surface area contributed by atoms with Crippen LogP contribution < -0.4 is 0 Å². The van der Waals surface area contributed by atoms with Crippen molar-refractivity contribution >= 4 is 11.6 Å². The van der Waals surface area contributed by atoms with Gasteiger partial charge in [-0.05, 0) is 17.7 Å². The molecule has 16 heavy (non-hydrogen) atoms. The third-order valence-electron chi connectivity index (χ3n) is 2.10. The Morgan fingerprint density at radius 2 is 1.94 bits per heavy atom. The topological polar surface area (TPSA) is 28.7 Å². The standard InChI is InChI=1S/C10H6ClF3N2/c11-9-2-1-6(7-4-15-16-5-7)3-8(9)10(12,13)14/h1-5H,(H,15,16). The zero-order valence-corrected chi connectivity index (χ0v) is 8.60. The van der Waals surface area contributed by atoms with Crippen LogP contribution in [0.5, 0.6) is 0 Å². The Morgan fingerprint density at radius 1 is 1.19 bits per heavy atom. The monoisotopic (exact) mass is 246 g/mol. The Balaban J connectivity index is 2.52. The van der Waals surface area contributed by atoms with Crippen molar-refractivity contribution in [3.63, 3.8) is 0 Å². The summed E-state index contributed by atoms with van der Waals surface area (Å²) in [6.45, 7) is 0. The summed E-state index contributed by atoms with van der Waals surface area (Å²) in [5.41, 5.74) is 0.167. The molecule has 6 heteroatoms. The average molecular weight is 247 g/mol. The minimum Gasteiger partial charge on any atom is -0.285 e. The molecule has 0 saturated carbocycles. The van der Waals surface area contributed by atoms with Crippen LogP contribution in [0.3, 0.4) is 0 Å². The molecule has 1 N–H and O–H groups in total. The van der Waals surface area contributed by atoms with E-state index in [1.165, 1.54) is 24.5 Å². The fourth-order valence-corrected chi connectivity index (χ4v) is 1.56. The zero-order valence-electron chi connectivity index (χ0n) is 7.85. The molecule has 0 atom stereocenters. The van der Waals surface area contributed by atoms with Crippen LogP contribution in [-0.2, 0) is 6.18 Å². The summed E-state index contributed by atoms with van der Waals surface area (Å²) in [7, 11) is 0. The van der Waals surface area contributed by atoms with Gasteiger partial charge >= 0.3 is 6.18 Å². The Hall–Kier alpha value is -1.49. The van der Waals surface area contributed by atoms with Crippen molar-refractivity contribution in [2.24, 2.45) is 0 Å². The van der Waals surface area contributed by atoms with Crippen molar-refractivity contribution in [2.45, 2.75) is 6.18 Å². The van der Waals surface area contributed by atoms with Gasteiger partial charge in [0.2, 0.25) is 0 Å². The lowest BCUT2D eigenvalue weighted by Gasteiger charge is -2.10. The van der Waals surface area contributed by atoms with Crippen molar-refractivity contribution in [3.8, 4) is 11.1 Å². The lowest BCUT2D eigenvalue weighted by molar-refractivity contribution is -0.137. The molecular formula is C10H6ClF3N2. The molecule has 0 fully saturated rings. The Labute approximate surface area is 94.1 Å². The largest absolute Gasteiger partial charge is 0.417 e. The number of halogens is 4. The first-order valence-electron chi connectivity index (χ1n) is 4.34. The number of aromatic nitrogens is 2. The first-order valence-corrected chi connectivity index (χ1v) is 4.72. The van der Waals surface area contributed by atoms with E-state index in [-0.39, 0.29) is 5.02 Å². The predicted octanol–water partition coefficient (Wildman–Crippen LogP) is 3.75. The lowest BCUT2D eigenvalue weighted by Crippen LogP contribution is -2.05. The average Bonchev–Trinajstić information content (AvgIpc) is 2.69. The second-order valence-corrected chi connectivity index (χ2v) is 3.59. The van der Waals surface area contributed by atoms with Gasteiger partial charge in [0.1, 0.15) is 0 Å². The maximum absolute atomic E-state index is 12.6. The maximum atomic E-state index is 12.6. The highest BCUT2D eigenvalue weighted by Crippen LogP contribution is 2.36. The van der Waals surface area contributed by atoms with Gasteiger partial charge in [0.25, 0.3) is 0 Å². The Kier molecular flexibility index (Phi) is 2.63. The van der Waals surface area contributed by atoms with Gasteiger partial charge in [-0.15, -0.1) is 0 Å². The fourth-order valence-electron chi connectivity index (χ4n) is 1.33. The summed E-state index contributed by atoms with van der Waals surface area (Å²) in [4.78, 5) is 0. The van der Waals surface area contributed by atoms with Crippen LogP contribution >= 0.6 is 11.6 Å². The molecule has 2 aromatic rings. The number of rotatable bonds is 1. The molecule has 0 amide bonds. The molecule has 1 aromatic heterocycles. The van der Waals surface area contributed by atoms with Gasteiger partial charge in [-0.3, -0.25) is 5.10 Å². The summed E-state index contributed by atoms with van der Waals surface area (Å²) < 4.78 is 37.7. The van der Waals surface area contributed by atoms with Crippen LogP contribution in [0.1, 0.15) is 5.56 Å². The summed E-state index contributed by atoms with van der Waals surface area (Å²) in [5.74, 6) is 0. The van der Waals surface area contributed by atoms with E-state index in [2.05, 4.69) is 10.2 Å². The van der Waals surface area contributed by atoms with Gasteiger partial charge < -0.3 is 0 Å². The summed E-state index contributed by atoms with van der Waals surface area (Å²) >= 11 is 5.50. The number of nitrogens with zero attached hydrogens (tertiary/aromatic N) is 1. The Morgan fingerprint density at radius 3 is 2.50 bits per heavy atom. The molecule has 2 nitrogen and oxygen atoms in total. The summed E-state index contributed by atoms with van der Waals surface area (Å²) in [6.07, 6.45) is -1.48.